The van der Waals surface area contributed by atoms with Crippen LogP contribution in [-0.2, 0) is 18.9 Å². The van der Waals surface area contributed by atoms with Crippen LogP contribution in [0, 0.1) is 0 Å². The minimum absolute atomic E-state index is 0.311. The van der Waals surface area contributed by atoms with Crippen molar-refractivity contribution in [3.8, 4) is 0 Å². The van der Waals surface area contributed by atoms with Crippen molar-refractivity contribution in [3.63, 3.8) is 0 Å². The first-order valence-corrected chi connectivity index (χ1v) is 5.48. The van der Waals surface area contributed by atoms with Crippen LogP contribution in [0.5, 0.6) is 0 Å². The molecule has 86 valence electrons. The van der Waals surface area contributed by atoms with Crippen LogP contribution < -0.4 is 0 Å². The number of carbonyl (C=O) groups is 2. The fraction of sp³-hybridized carbons (Fsp3) is 0.667. The Morgan fingerprint density at radius 1 is 1.33 bits per heavy atom. The molecule has 0 spiro atoms. The lowest BCUT2D eigenvalue weighted by atomic mass is 10.0. The second kappa shape index (κ2) is 3.57. The SMILES string of the molecule is O=C(O)C1OCCC1(C(=O)O)P(=O)(O)O. The molecule has 1 aliphatic rings. The van der Waals surface area contributed by atoms with Crippen LogP contribution >= 0.6 is 7.60 Å². The summed E-state index contributed by atoms with van der Waals surface area (Å²) in [6.45, 7) is -0.311. The second-order valence-corrected chi connectivity index (χ2v) is 5.00. The van der Waals surface area contributed by atoms with Gasteiger partial charge in [0.2, 0.25) is 5.16 Å². The third-order valence-corrected chi connectivity index (χ3v) is 4.00. The quantitative estimate of drug-likeness (QED) is 0.453. The summed E-state index contributed by atoms with van der Waals surface area (Å²) in [7, 11) is -5.12. The smallest absolute Gasteiger partial charge is 0.346 e. The number of ether oxygens (including phenoxy) is 1. The Labute approximate surface area is 83.6 Å². The molecule has 2 unspecified atom stereocenters. The summed E-state index contributed by atoms with van der Waals surface area (Å²) in [5.74, 6) is -3.56. The van der Waals surface area contributed by atoms with Crippen LogP contribution in [0.25, 0.3) is 0 Å². The molecule has 0 amide bonds. The highest BCUT2D eigenvalue weighted by molar-refractivity contribution is 7.55. The van der Waals surface area contributed by atoms with Gasteiger partial charge in [-0.2, -0.15) is 0 Å². The molecule has 4 N–H and O–H groups in total. The van der Waals surface area contributed by atoms with Crippen LogP contribution in [0.1, 0.15) is 6.42 Å². The highest BCUT2D eigenvalue weighted by Crippen LogP contribution is 2.57. The highest BCUT2D eigenvalue weighted by Gasteiger charge is 2.65. The summed E-state index contributed by atoms with van der Waals surface area (Å²) >= 11 is 0. The molecule has 0 saturated carbocycles. The zero-order chi connectivity index (χ0) is 11.9. The van der Waals surface area contributed by atoms with E-state index in [9.17, 15) is 14.2 Å². The minimum atomic E-state index is -5.12. The zero-order valence-electron chi connectivity index (χ0n) is 7.36. The van der Waals surface area contributed by atoms with E-state index in [1.165, 1.54) is 0 Å². The average molecular weight is 240 g/mol. The number of hydrogen-bond donors (Lipinski definition) is 4. The lowest BCUT2D eigenvalue weighted by Gasteiger charge is -2.27. The molecule has 8 nitrogen and oxygen atoms in total. The van der Waals surface area contributed by atoms with Gasteiger partial charge in [0.25, 0.3) is 0 Å². The van der Waals surface area contributed by atoms with E-state index < -0.39 is 37.2 Å². The monoisotopic (exact) mass is 240 g/mol. The molecule has 0 bridgehead atoms. The zero-order valence-corrected chi connectivity index (χ0v) is 8.26. The molecule has 9 heteroatoms. The molecular formula is C6H9O8P. The third-order valence-electron chi connectivity index (χ3n) is 2.32. The molecular weight excluding hydrogens is 231 g/mol. The van der Waals surface area contributed by atoms with Gasteiger partial charge in [-0.25, -0.2) is 4.79 Å². The van der Waals surface area contributed by atoms with Gasteiger partial charge in [-0.05, 0) is 0 Å². The Hall–Kier alpha value is -0.950. The van der Waals surface area contributed by atoms with Crippen molar-refractivity contribution in [2.75, 3.05) is 6.61 Å². The average Bonchev–Trinajstić information content (AvgIpc) is 2.45. The van der Waals surface area contributed by atoms with Crippen LogP contribution in [0.2, 0.25) is 0 Å². The van der Waals surface area contributed by atoms with Crippen molar-refractivity contribution in [2.24, 2.45) is 0 Å². The van der Waals surface area contributed by atoms with Crippen molar-refractivity contribution in [1.82, 2.24) is 0 Å². The predicted octanol–water partition coefficient (Wildman–Crippen LogP) is -1.14. The van der Waals surface area contributed by atoms with Gasteiger partial charge in [0.1, 0.15) is 0 Å². The van der Waals surface area contributed by atoms with Crippen molar-refractivity contribution in [3.05, 3.63) is 0 Å². The molecule has 0 aliphatic carbocycles. The first kappa shape index (κ1) is 12.1. The normalized spacial score (nSPS) is 31.5. The Morgan fingerprint density at radius 3 is 2.13 bits per heavy atom. The van der Waals surface area contributed by atoms with E-state index in [1.807, 2.05) is 0 Å². The van der Waals surface area contributed by atoms with Crippen LogP contribution in [0.15, 0.2) is 0 Å². The molecule has 2 atom stereocenters. The van der Waals surface area contributed by atoms with Crippen LogP contribution in [-0.4, -0.2) is 49.8 Å². The summed E-state index contributed by atoms with van der Waals surface area (Å²) in [6, 6.07) is 0. The van der Waals surface area contributed by atoms with Crippen molar-refractivity contribution in [2.45, 2.75) is 17.7 Å². The molecule has 0 aromatic rings. The Morgan fingerprint density at radius 2 is 1.87 bits per heavy atom. The second-order valence-electron chi connectivity index (χ2n) is 3.11. The van der Waals surface area contributed by atoms with E-state index in [1.54, 1.807) is 0 Å². The summed E-state index contributed by atoms with van der Waals surface area (Å²) < 4.78 is 15.6. The van der Waals surface area contributed by atoms with Gasteiger partial charge in [0.05, 0.1) is 0 Å². The van der Waals surface area contributed by atoms with Gasteiger partial charge in [-0.1, -0.05) is 0 Å². The Balaban J connectivity index is 3.28. The fourth-order valence-electron chi connectivity index (χ4n) is 1.52. The van der Waals surface area contributed by atoms with Gasteiger partial charge < -0.3 is 24.7 Å². The maximum absolute atomic E-state index is 11.1. The summed E-state index contributed by atoms with van der Waals surface area (Å²) in [5.41, 5.74) is 0. The molecule has 1 rings (SSSR count). The van der Waals surface area contributed by atoms with Gasteiger partial charge in [0.15, 0.2) is 6.10 Å². The van der Waals surface area contributed by atoms with Crippen molar-refractivity contribution >= 4 is 19.5 Å². The molecule has 1 saturated heterocycles. The number of rotatable bonds is 3. The van der Waals surface area contributed by atoms with E-state index in [0.717, 1.165) is 0 Å². The lowest BCUT2D eigenvalue weighted by Crippen LogP contribution is -2.49. The van der Waals surface area contributed by atoms with Crippen molar-refractivity contribution < 1.29 is 38.9 Å². The first-order chi connectivity index (χ1) is 6.73. The predicted molar refractivity (Wildman–Crippen MR) is 44.4 cm³/mol. The number of aliphatic carboxylic acids is 2. The maximum Gasteiger partial charge on any atom is 0.346 e. The Bertz CT molecular complexity index is 345. The number of hydrogen-bond acceptors (Lipinski definition) is 4. The maximum atomic E-state index is 11.1. The summed E-state index contributed by atoms with van der Waals surface area (Å²) in [5, 5.41) is 14.7. The first-order valence-electron chi connectivity index (χ1n) is 3.87. The van der Waals surface area contributed by atoms with Crippen molar-refractivity contribution in [1.29, 1.82) is 0 Å². The Kier molecular flexibility index (Phi) is 2.88. The standard InChI is InChI=1S/C6H9O8P/c7-4(8)3-6(5(9)10,1-2-14-3)15(11,12)13/h3H,1-2H2,(H,7,8)(H,9,10)(H2,11,12,13). The van der Waals surface area contributed by atoms with E-state index in [-0.39, 0.29) is 6.61 Å². The molecule has 1 fully saturated rings. The van der Waals surface area contributed by atoms with E-state index >= 15 is 0 Å². The minimum Gasteiger partial charge on any atom is -0.480 e. The van der Waals surface area contributed by atoms with Crippen LogP contribution in [0.3, 0.4) is 0 Å². The fourth-order valence-corrected chi connectivity index (χ4v) is 2.64. The lowest BCUT2D eigenvalue weighted by molar-refractivity contribution is -0.155. The van der Waals surface area contributed by atoms with E-state index in [2.05, 4.69) is 4.74 Å². The molecule has 15 heavy (non-hydrogen) atoms. The molecule has 1 aliphatic heterocycles. The molecule has 1 heterocycles. The number of carboxylic acid groups (broad SMARTS) is 2. The number of carboxylic acids is 2. The summed E-state index contributed by atoms with van der Waals surface area (Å²) in [4.78, 5) is 39.4. The van der Waals surface area contributed by atoms with Gasteiger partial charge in [-0.3, -0.25) is 9.36 Å². The summed E-state index contributed by atoms with van der Waals surface area (Å²) in [6.07, 6.45) is -2.54. The topological polar surface area (TPSA) is 141 Å². The third kappa shape index (κ3) is 1.65. The molecule has 0 radical (unpaired) electrons. The van der Waals surface area contributed by atoms with E-state index in [4.69, 9.17) is 20.0 Å². The van der Waals surface area contributed by atoms with Gasteiger partial charge >= 0.3 is 19.5 Å². The van der Waals surface area contributed by atoms with Crippen LogP contribution in [0.4, 0.5) is 0 Å². The molecule has 0 aromatic heterocycles. The van der Waals surface area contributed by atoms with Gasteiger partial charge in [-0.15, -0.1) is 0 Å². The van der Waals surface area contributed by atoms with E-state index in [0.29, 0.717) is 0 Å². The largest absolute Gasteiger partial charge is 0.480 e. The molecule has 0 aromatic carbocycles. The highest BCUT2D eigenvalue weighted by atomic mass is 31.2. The van der Waals surface area contributed by atoms with Gasteiger partial charge in [0, 0.05) is 13.0 Å².